The molecule has 140 valence electrons. The lowest BCUT2D eigenvalue weighted by atomic mass is 10.0. The number of nitrogens with two attached hydrogens (primary N) is 1. The molecule has 1 aromatic carbocycles. The van der Waals surface area contributed by atoms with E-state index in [1.807, 2.05) is 17.9 Å². The standard InChI is InChI=1S/C16H21N5O4S/c1-11-8-13-14(9-12(11)16(22)25-2)18-10-19-15(13)20-4-3-5-21(7-6-20)26(17,23)24/h8-10H,3-7H2,1-2H3,(H2,17,23,24). The number of nitrogens with zero attached hydrogens (tertiary/aromatic N) is 4. The van der Waals surface area contributed by atoms with Gasteiger partial charge in [-0.2, -0.15) is 12.7 Å². The molecular formula is C16H21N5O4S. The number of hydrogen-bond donors (Lipinski definition) is 1. The van der Waals surface area contributed by atoms with E-state index in [1.165, 1.54) is 17.7 Å². The topological polar surface area (TPSA) is 119 Å². The Hall–Kier alpha value is -2.30. The van der Waals surface area contributed by atoms with Crippen LogP contribution in [0.15, 0.2) is 18.5 Å². The summed E-state index contributed by atoms with van der Waals surface area (Å²) in [7, 11) is -2.36. The van der Waals surface area contributed by atoms with Crippen molar-refractivity contribution in [3.63, 3.8) is 0 Å². The number of carbonyl (C=O) groups is 1. The Kier molecular flexibility index (Phi) is 5.08. The summed E-state index contributed by atoms with van der Waals surface area (Å²) in [5.41, 5.74) is 1.86. The Labute approximate surface area is 151 Å². The molecule has 0 bridgehead atoms. The van der Waals surface area contributed by atoms with Gasteiger partial charge in [0.25, 0.3) is 10.2 Å². The highest BCUT2D eigenvalue weighted by Gasteiger charge is 2.24. The van der Waals surface area contributed by atoms with Crippen LogP contribution in [0.3, 0.4) is 0 Å². The first kappa shape index (κ1) is 18.5. The highest BCUT2D eigenvalue weighted by molar-refractivity contribution is 7.86. The number of methoxy groups -OCH3 is 1. The number of anilines is 1. The van der Waals surface area contributed by atoms with Gasteiger partial charge in [0.05, 0.1) is 18.2 Å². The molecule has 2 aromatic rings. The maximum Gasteiger partial charge on any atom is 0.338 e. The van der Waals surface area contributed by atoms with Gasteiger partial charge < -0.3 is 9.64 Å². The number of ether oxygens (including phenoxy) is 1. The van der Waals surface area contributed by atoms with Gasteiger partial charge in [-0.15, -0.1) is 0 Å². The van der Waals surface area contributed by atoms with E-state index in [-0.39, 0.29) is 0 Å². The molecule has 0 saturated carbocycles. The van der Waals surface area contributed by atoms with Crippen LogP contribution in [-0.4, -0.2) is 61.9 Å². The van der Waals surface area contributed by atoms with Crippen molar-refractivity contribution in [2.24, 2.45) is 5.14 Å². The van der Waals surface area contributed by atoms with Gasteiger partial charge in [-0.1, -0.05) is 0 Å². The van der Waals surface area contributed by atoms with Crippen molar-refractivity contribution in [1.82, 2.24) is 14.3 Å². The van der Waals surface area contributed by atoms with Crippen LogP contribution in [0.4, 0.5) is 5.82 Å². The van der Waals surface area contributed by atoms with Gasteiger partial charge in [-0.3, -0.25) is 0 Å². The second-order valence-corrected chi connectivity index (χ2v) is 7.70. The van der Waals surface area contributed by atoms with Crippen molar-refractivity contribution < 1.29 is 17.9 Å². The van der Waals surface area contributed by atoms with Crippen molar-refractivity contribution in [3.8, 4) is 0 Å². The van der Waals surface area contributed by atoms with E-state index in [1.54, 1.807) is 6.07 Å². The third kappa shape index (κ3) is 3.62. The van der Waals surface area contributed by atoms with Crippen molar-refractivity contribution in [1.29, 1.82) is 0 Å². The summed E-state index contributed by atoms with van der Waals surface area (Å²) in [6.07, 6.45) is 2.08. The van der Waals surface area contributed by atoms with Crippen LogP contribution in [0, 0.1) is 6.92 Å². The molecule has 0 unspecified atom stereocenters. The highest BCUT2D eigenvalue weighted by Crippen LogP contribution is 2.27. The van der Waals surface area contributed by atoms with Crippen LogP contribution >= 0.6 is 0 Å². The Morgan fingerprint density at radius 3 is 2.65 bits per heavy atom. The Morgan fingerprint density at radius 1 is 1.19 bits per heavy atom. The lowest BCUT2D eigenvalue weighted by Crippen LogP contribution is -2.39. The second-order valence-electron chi connectivity index (χ2n) is 6.16. The fourth-order valence-corrected chi connectivity index (χ4v) is 3.86. The van der Waals surface area contributed by atoms with Crippen LogP contribution < -0.4 is 10.0 Å². The molecular weight excluding hydrogens is 358 g/mol. The molecule has 1 saturated heterocycles. The third-order valence-electron chi connectivity index (χ3n) is 4.48. The molecule has 26 heavy (non-hydrogen) atoms. The number of aryl methyl sites for hydroxylation is 1. The van der Waals surface area contributed by atoms with E-state index in [0.29, 0.717) is 49.5 Å². The Bertz CT molecular complexity index is 947. The number of aromatic nitrogens is 2. The average Bonchev–Trinajstić information content (AvgIpc) is 2.86. The molecule has 0 atom stereocenters. The largest absolute Gasteiger partial charge is 0.465 e. The van der Waals surface area contributed by atoms with E-state index < -0.39 is 16.2 Å². The zero-order chi connectivity index (χ0) is 18.9. The summed E-state index contributed by atoms with van der Waals surface area (Å²) >= 11 is 0. The van der Waals surface area contributed by atoms with Gasteiger partial charge in [0.1, 0.15) is 12.1 Å². The summed E-state index contributed by atoms with van der Waals surface area (Å²) in [5.74, 6) is 0.300. The smallest absolute Gasteiger partial charge is 0.338 e. The molecule has 1 fully saturated rings. The van der Waals surface area contributed by atoms with Crippen molar-refractivity contribution in [2.45, 2.75) is 13.3 Å². The van der Waals surface area contributed by atoms with Gasteiger partial charge in [0, 0.05) is 31.6 Å². The normalized spacial score (nSPS) is 16.5. The monoisotopic (exact) mass is 379 g/mol. The van der Waals surface area contributed by atoms with E-state index >= 15 is 0 Å². The first-order chi connectivity index (χ1) is 12.3. The molecule has 9 nitrogen and oxygen atoms in total. The summed E-state index contributed by atoms with van der Waals surface area (Å²) < 4.78 is 29.3. The van der Waals surface area contributed by atoms with E-state index in [4.69, 9.17) is 9.88 Å². The zero-order valence-electron chi connectivity index (χ0n) is 14.7. The first-order valence-corrected chi connectivity index (χ1v) is 9.68. The minimum Gasteiger partial charge on any atom is -0.465 e. The lowest BCUT2D eigenvalue weighted by Gasteiger charge is -2.23. The maximum atomic E-state index is 11.9. The van der Waals surface area contributed by atoms with E-state index in [2.05, 4.69) is 9.97 Å². The fourth-order valence-electron chi connectivity index (χ4n) is 3.14. The minimum atomic E-state index is -3.70. The van der Waals surface area contributed by atoms with Crippen molar-refractivity contribution in [3.05, 3.63) is 29.6 Å². The summed E-state index contributed by atoms with van der Waals surface area (Å²) in [6, 6.07) is 3.55. The molecule has 2 heterocycles. The predicted octanol–water partition coefficient (Wildman–Crippen LogP) is 0.440. The summed E-state index contributed by atoms with van der Waals surface area (Å²) in [4.78, 5) is 22.6. The molecule has 1 aliphatic heterocycles. The van der Waals surface area contributed by atoms with Crippen LogP contribution in [0.5, 0.6) is 0 Å². The molecule has 2 N–H and O–H groups in total. The zero-order valence-corrected chi connectivity index (χ0v) is 15.5. The highest BCUT2D eigenvalue weighted by atomic mass is 32.2. The molecule has 0 amide bonds. The molecule has 0 aliphatic carbocycles. The van der Waals surface area contributed by atoms with Crippen LogP contribution in [0.1, 0.15) is 22.3 Å². The second kappa shape index (κ2) is 7.14. The van der Waals surface area contributed by atoms with Gasteiger partial charge in [-0.25, -0.2) is 19.9 Å². The quantitative estimate of drug-likeness (QED) is 0.769. The number of carbonyl (C=O) groups excluding carboxylic acids is 1. The number of esters is 1. The SMILES string of the molecule is COC(=O)c1cc2ncnc(N3CCCN(S(N)(=O)=O)CC3)c2cc1C. The van der Waals surface area contributed by atoms with Crippen molar-refractivity contribution in [2.75, 3.05) is 38.2 Å². The molecule has 1 aliphatic rings. The summed E-state index contributed by atoms with van der Waals surface area (Å²) in [5, 5.41) is 6.05. The molecule has 0 spiro atoms. The van der Waals surface area contributed by atoms with Crippen LogP contribution in [0.25, 0.3) is 10.9 Å². The van der Waals surface area contributed by atoms with E-state index in [0.717, 1.165) is 10.9 Å². The number of fused-ring (bicyclic) bond motifs is 1. The minimum absolute atomic E-state index is 0.295. The van der Waals surface area contributed by atoms with Gasteiger partial charge in [0.15, 0.2) is 0 Å². The summed E-state index contributed by atoms with van der Waals surface area (Å²) in [6.45, 7) is 3.62. The molecule has 3 rings (SSSR count). The van der Waals surface area contributed by atoms with Gasteiger partial charge in [-0.05, 0) is 31.0 Å². The van der Waals surface area contributed by atoms with Gasteiger partial charge in [0.2, 0.25) is 0 Å². The third-order valence-corrected chi connectivity index (χ3v) is 5.56. The molecule has 10 heteroatoms. The lowest BCUT2D eigenvalue weighted by molar-refractivity contribution is 0.0600. The number of benzene rings is 1. The molecule has 0 radical (unpaired) electrons. The maximum absolute atomic E-state index is 11.9. The number of hydrogen-bond acceptors (Lipinski definition) is 7. The number of rotatable bonds is 3. The first-order valence-electron chi connectivity index (χ1n) is 8.17. The van der Waals surface area contributed by atoms with Crippen LogP contribution in [0.2, 0.25) is 0 Å². The van der Waals surface area contributed by atoms with E-state index in [9.17, 15) is 13.2 Å². The fraction of sp³-hybridized carbons (Fsp3) is 0.438. The average molecular weight is 379 g/mol. The van der Waals surface area contributed by atoms with Gasteiger partial charge >= 0.3 is 5.97 Å². The van der Waals surface area contributed by atoms with Crippen LogP contribution in [-0.2, 0) is 14.9 Å². The van der Waals surface area contributed by atoms with Crippen molar-refractivity contribution >= 4 is 32.9 Å². The molecule has 1 aromatic heterocycles. The predicted molar refractivity (Wildman–Crippen MR) is 97.1 cm³/mol. The Balaban J connectivity index is 1.98. The Morgan fingerprint density at radius 2 is 1.96 bits per heavy atom.